The van der Waals surface area contributed by atoms with E-state index in [9.17, 15) is 4.79 Å². The van der Waals surface area contributed by atoms with Crippen molar-refractivity contribution < 1.29 is 9.53 Å². The molecular formula is C13H16O2S. The van der Waals surface area contributed by atoms with Gasteiger partial charge in [0.05, 0.1) is 0 Å². The second kappa shape index (κ2) is 2.47. The summed E-state index contributed by atoms with van der Waals surface area (Å²) in [6.45, 7) is 1.58. The van der Waals surface area contributed by atoms with Crippen molar-refractivity contribution in [3.8, 4) is 0 Å². The molecule has 9 atom stereocenters. The van der Waals surface area contributed by atoms with Gasteiger partial charge in [0.15, 0.2) is 0 Å². The molecule has 4 aliphatic rings. The monoisotopic (exact) mass is 236 g/mol. The molecule has 1 saturated heterocycles. The number of fused-ring (bicyclic) bond motifs is 9. The predicted octanol–water partition coefficient (Wildman–Crippen LogP) is 1.93. The first-order valence-electron chi connectivity index (χ1n) is 6.60. The highest BCUT2D eigenvalue weighted by atomic mass is 32.2. The Hall–Kier alpha value is -0.180. The minimum Gasteiger partial charge on any atom is -0.462 e. The van der Waals surface area contributed by atoms with E-state index in [1.54, 1.807) is 6.92 Å². The summed E-state index contributed by atoms with van der Waals surface area (Å²) in [6.07, 6.45) is 3.20. The number of carbonyl (C=O) groups excluding carboxylic acids is 1. The van der Waals surface area contributed by atoms with Gasteiger partial charge in [-0.25, -0.2) is 0 Å². The molecule has 1 heterocycles. The van der Waals surface area contributed by atoms with Crippen LogP contribution in [0.5, 0.6) is 0 Å². The zero-order chi connectivity index (χ0) is 10.6. The maximum absolute atomic E-state index is 11.2. The number of hydrogen-bond acceptors (Lipinski definition) is 3. The molecule has 3 aliphatic carbocycles. The van der Waals surface area contributed by atoms with Gasteiger partial charge in [-0.05, 0) is 36.5 Å². The molecule has 4 rings (SSSR count). The van der Waals surface area contributed by atoms with Gasteiger partial charge < -0.3 is 4.74 Å². The van der Waals surface area contributed by atoms with Gasteiger partial charge in [-0.3, -0.25) is 4.79 Å². The maximum atomic E-state index is 11.2. The van der Waals surface area contributed by atoms with Gasteiger partial charge in [-0.15, -0.1) is 0 Å². The molecule has 16 heavy (non-hydrogen) atoms. The third-order valence-electron chi connectivity index (χ3n) is 6.14. The van der Waals surface area contributed by atoms with Crippen molar-refractivity contribution in [3.05, 3.63) is 0 Å². The van der Waals surface area contributed by atoms with Crippen molar-refractivity contribution >= 4 is 17.7 Å². The van der Waals surface area contributed by atoms with E-state index in [0.29, 0.717) is 6.10 Å². The molecular weight excluding hydrogens is 220 g/mol. The summed E-state index contributed by atoms with van der Waals surface area (Å²) in [7, 11) is 0. The lowest BCUT2D eigenvalue weighted by atomic mass is 9.50. The molecule has 0 aromatic rings. The minimum absolute atomic E-state index is 0.0544. The van der Waals surface area contributed by atoms with Crippen LogP contribution in [0.25, 0.3) is 0 Å². The van der Waals surface area contributed by atoms with E-state index in [1.165, 1.54) is 12.8 Å². The first kappa shape index (κ1) is 8.84. The SMILES string of the molecule is CC(=O)O[C@@H]1[C@@H]2[C@@H]3CC[C@@H]4[C@@H]2S[C@@H]2[C@@H]4[C@@H]3[C@@H]12. The summed E-state index contributed by atoms with van der Waals surface area (Å²) in [5, 5.41) is 1.72. The van der Waals surface area contributed by atoms with Crippen LogP contribution in [0.1, 0.15) is 19.8 Å². The smallest absolute Gasteiger partial charge is 0.302 e. The Morgan fingerprint density at radius 3 is 2.69 bits per heavy atom. The molecule has 2 nitrogen and oxygen atoms in total. The Morgan fingerprint density at radius 1 is 1.06 bits per heavy atom. The van der Waals surface area contributed by atoms with Crippen LogP contribution >= 0.6 is 11.8 Å². The number of thioether (sulfide) groups is 1. The van der Waals surface area contributed by atoms with Gasteiger partial charge in [0.25, 0.3) is 0 Å². The molecule has 0 N–H and O–H groups in total. The first-order chi connectivity index (χ1) is 7.77. The lowest BCUT2D eigenvalue weighted by Gasteiger charge is -2.53. The van der Waals surface area contributed by atoms with Crippen LogP contribution in [-0.2, 0) is 9.53 Å². The lowest BCUT2D eigenvalue weighted by Crippen LogP contribution is -2.54. The average molecular weight is 236 g/mol. The van der Waals surface area contributed by atoms with Crippen LogP contribution in [0.2, 0.25) is 0 Å². The van der Waals surface area contributed by atoms with E-state index < -0.39 is 0 Å². The molecule has 0 unspecified atom stereocenters. The normalized spacial score (nSPS) is 67.2. The number of rotatable bonds is 1. The average Bonchev–Trinajstić information content (AvgIpc) is 2.54. The molecule has 3 saturated carbocycles. The minimum atomic E-state index is -0.0544. The second-order valence-corrected chi connectivity index (χ2v) is 7.71. The first-order valence-corrected chi connectivity index (χ1v) is 7.54. The van der Waals surface area contributed by atoms with Crippen molar-refractivity contribution in [2.45, 2.75) is 36.4 Å². The van der Waals surface area contributed by atoms with Gasteiger partial charge >= 0.3 is 5.97 Å². The topological polar surface area (TPSA) is 26.3 Å². The predicted molar refractivity (Wildman–Crippen MR) is 60.9 cm³/mol. The molecule has 1 aliphatic heterocycles. The van der Waals surface area contributed by atoms with Crippen LogP contribution in [0.4, 0.5) is 0 Å². The third-order valence-corrected chi connectivity index (χ3v) is 8.06. The van der Waals surface area contributed by atoms with Crippen LogP contribution in [0, 0.1) is 35.5 Å². The van der Waals surface area contributed by atoms with E-state index in [0.717, 1.165) is 46.0 Å². The summed E-state index contributed by atoms with van der Waals surface area (Å²) in [4.78, 5) is 11.2. The summed E-state index contributed by atoms with van der Waals surface area (Å²) < 4.78 is 5.68. The fourth-order valence-corrected chi connectivity index (χ4v) is 8.54. The van der Waals surface area contributed by atoms with E-state index in [4.69, 9.17) is 4.74 Å². The highest BCUT2D eigenvalue weighted by molar-refractivity contribution is 8.01. The summed E-state index contributed by atoms with van der Waals surface area (Å²) in [5.41, 5.74) is 0. The molecule has 0 aromatic heterocycles. The van der Waals surface area contributed by atoms with Crippen LogP contribution in [0.3, 0.4) is 0 Å². The number of esters is 1. The van der Waals surface area contributed by atoms with Gasteiger partial charge in [0, 0.05) is 29.3 Å². The largest absolute Gasteiger partial charge is 0.462 e. The van der Waals surface area contributed by atoms with E-state index >= 15 is 0 Å². The zero-order valence-corrected chi connectivity index (χ0v) is 10.2. The molecule has 4 fully saturated rings. The fraction of sp³-hybridized carbons (Fsp3) is 0.923. The van der Waals surface area contributed by atoms with Crippen molar-refractivity contribution in [1.82, 2.24) is 0 Å². The molecule has 0 aromatic carbocycles. The van der Waals surface area contributed by atoms with Gasteiger partial charge in [-0.1, -0.05) is 0 Å². The number of hydrogen-bond donors (Lipinski definition) is 0. The van der Waals surface area contributed by atoms with Crippen molar-refractivity contribution in [1.29, 1.82) is 0 Å². The Kier molecular flexibility index (Phi) is 1.37. The van der Waals surface area contributed by atoms with Crippen molar-refractivity contribution in [2.24, 2.45) is 35.5 Å². The van der Waals surface area contributed by atoms with Gasteiger partial charge in [0.2, 0.25) is 0 Å². The zero-order valence-electron chi connectivity index (χ0n) is 9.34. The molecule has 86 valence electrons. The Bertz CT molecular complexity index is 391. The lowest BCUT2D eigenvalue weighted by molar-refractivity contribution is -0.152. The Balaban J connectivity index is 1.60. The highest BCUT2D eigenvalue weighted by Crippen LogP contribution is 2.80. The molecule has 0 spiro atoms. The van der Waals surface area contributed by atoms with E-state index in [1.807, 2.05) is 0 Å². The standard InChI is InChI=1S/C13H16O2S/c1-4(14)15-11-9-5-2-3-6-8-7(5)10(11)13(8)16-12(6)9/h5-13H,2-3H2,1H3/t5-,6+,7-,8+,9+,10+,11-,12+,13-/m1/s1. The molecule has 3 heteroatoms. The van der Waals surface area contributed by atoms with Crippen LogP contribution in [-0.4, -0.2) is 22.6 Å². The summed E-state index contributed by atoms with van der Waals surface area (Å²) >= 11 is 2.26. The van der Waals surface area contributed by atoms with E-state index in [-0.39, 0.29) is 5.97 Å². The number of ether oxygens (including phenoxy) is 1. The van der Waals surface area contributed by atoms with Crippen molar-refractivity contribution in [3.63, 3.8) is 0 Å². The fourth-order valence-electron chi connectivity index (χ4n) is 6.03. The molecule has 0 bridgehead atoms. The second-order valence-electron chi connectivity index (χ2n) is 6.35. The Labute approximate surface area is 99.5 Å². The number of carbonyl (C=O) groups is 1. The van der Waals surface area contributed by atoms with Gasteiger partial charge in [-0.2, -0.15) is 11.8 Å². The maximum Gasteiger partial charge on any atom is 0.302 e. The molecule has 0 radical (unpaired) electrons. The van der Waals surface area contributed by atoms with Crippen LogP contribution < -0.4 is 0 Å². The van der Waals surface area contributed by atoms with Crippen LogP contribution in [0.15, 0.2) is 0 Å². The van der Waals surface area contributed by atoms with Gasteiger partial charge in [0.1, 0.15) is 6.10 Å². The summed E-state index contributed by atoms with van der Waals surface area (Å²) in [6, 6.07) is 0. The van der Waals surface area contributed by atoms with E-state index in [2.05, 4.69) is 11.8 Å². The highest BCUT2D eigenvalue weighted by Gasteiger charge is 2.79. The quantitative estimate of drug-likeness (QED) is 0.514. The van der Waals surface area contributed by atoms with Crippen molar-refractivity contribution in [2.75, 3.05) is 0 Å². The molecule has 0 amide bonds. The third kappa shape index (κ3) is 0.704. The summed E-state index contributed by atoms with van der Waals surface area (Å²) in [5.74, 6) is 5.31. The Morgan fingerprint density at radius 2 is 1.88 bits per heavy atom.